The van der Waals surface area contributed by atoms with Gasteiger partial charge in [-0.1, -0.05) is 64.7 Å². The van der Waals surface area contributed by atoms with Crippen molar-refractivity contribution in [1.82, 2.24) is 10.2 Å². The Labute approximate surface area is 149 Å². The van der Waals surface area contributed by atoms with Gasteiger partial charge in [-0.25, -0.2) is 0 Å². The maximum absolute atomic E-state index is 12.0. The SMILES string of the molecule is CCCCCCCCCC(=O)N(C)CCCCCCCC(=O)NC. The molecule has 2 amide bonds. The fourth-order valence-corrected chi connectivity index (χ4v) is 2.84. The van der Waals surface area contributed by atoms with Gasteiger partial charge < -0.3 is 10.2 Å². The lowest BCUT2D eigenvalue weighted by atomic mass is 10.1. The summed E-state index contributed by atoms with van der Waals surface area (Å²) in [5.41, 5.74) is 0. The molecule has 24 heavy (non-hydrogen) atoms. The topological polar surface area (TPSA) is 49.4 Å². The largest absolute Gasteiger partial charge is 0.359 e. The summed E-state index contributed by atoms with van der Waals surface area (Å²) in [4.78, 5) is 25.0. The number of nitrogens with one attached hydrogen (secondary N) is 1. The molecule has 4 heteroatoms. The molecule has 0 unspecified atom stereocenters. The average molecular weight is 341 g/mol. The van der Waals surface area contributed by atoms with Crippen molar-refractivity contribution in [2.75, 3.05) is 20.6 Å². The molecule has 0 rings (SSSR count). The molecule has 4 nitrogen and oxygen atoms in total. The zero-order valence-electron chi connectivity index (χ0n) is 16.4. The molecular formula is C20H40N2O2. The van der Waals surface area contributed by atoms with Crippen molar-refractivity contribution in [3.8, 4) is 0 Å². The van der Waals surface area contributed by atoms with Gasteiger partial charge in [0.25, 0.3) is 0 Å². The van der Waals surface area contributed by atoms with Gasteiger partial charge in [0.15, 0.2) is 0 Å². The molecule has 0 saturated heterocycles. The molecule has 0 aromatic rings. The molecule has 0 bridgehead atoms. The van der Waals surface area contributed by atoms with Gasteiger partial charge in [-0.15, -0.1) is 0 Å². The summed E-state index contributed by atoms with van der Waals surface area (Å²) in [6, 6.07) is 0. The monoisotopic (exact) mass is 340 g/mol. The predicted octanol–water partition coefficient (Wildman–Crippen LogP) is 4.67. The average Bonchev–Trinajstić information content (AvgIpc) is 2.59. The van der Waals surface area contributed by atoms with Gasteiger partial charge in [0.2, 0.25) is 11.8 Å². The van der Waals surface area contributed by atoms with Crippen molar-refractivity contribution in [3.05, 3.63) is 0 Å². The molecule has 0 heterocycles. The van der Waals surface area contributed by atoms with Crippen molar-refractivity contribution in [1.29, 1.82) is 0 Å². The first kappa shape index (κ1) is 22.9. The molecule has 0 aliphatic rings. The lowest BCUT2D eigenvalue weighted by molar-refractivity contribution is -0.130. The number of carbonyl (C=O) groups is 2. The van der Waals surface area contributed by atoms with Gasteiger partial charge in [0.1, 0.15) is 0 Å². The highest BCUT2D eigenvalue weighted by Gasteiger charge is 2.07. The molecule has 0 aromatic heterocycles. The van der Waals surface area contributed by atoms with Crippen molar-refractivity contribution in [2.45, 2.75) is 96.8 Å². The van der Waals surface area contributed by atoms with Crippen LogP contribution in [0.1, 0.15) is 96.8 Å². The quantitative estimate of drug-likeness (QED) is 0.415. The maximum Gasteiger partial charge on any atom is 0.222 e. The van der Waals surface area contributed by atoms with E-state index in [1.807, 2.05) is 11.9 Å². The van der Waals surface area contributed by atoms with Crippen LogP contribution in [-0.4, -0.2) is 37.4 Å². The molecule has 0 aliphatic carbocycles. The minimum atomic E-state index is 0.130. The van der Waals surface area contributed by atoms with Gasteiger partial charge in [-0.3, -0.25) is 9.59 Å². The summed E-state index contributed by atoms with van der Waals surface area (Å²) in [6.07, 6.45) is 15.5. The maximum atomic E-state index is 12.0. The Kier molecular flexibility index (Phi) is 16.0. The number of rotatable bonds is 16. The Morgan fingerprint density at radius 1 is 0.750 bits per heavy atom. The minimum absolute atomic E-state index is 0.130. The van der Waals surface area contributed by atoms with Crippen LogP contribution < -0.4 is 5.32 Å². The summed E-state index contributed by atoms with van der Waals surface area (Å²) in [5, 5.41) is 2.64. The van der Waals surface area contributed by atoms with E-state index in [-0.39, 0.29) is 5.91 Å². The van der Waals surface area contributed by atoms with E-state index in [1.54, 1.807) is 7.05 Å². The van der Waals surface area contributed by atoms with Crippen molar-refractivity contribution in [3.63, 3.8) is 0 Å². The number of amides is 2. The van der Waals surface area contributed by atoms with Gasteiger partial charge >= 0.3 is 0 Å². The summed E-state index contributed by atoms with van der Waals surface area (Å²) in [6.45, 7) is 3.10. The van der Waals surface area contributed by atoms with Crippen LogP contribution in [0.2, 0.25) is 0 Å². The second-order valence-electron chi connectivity index (χ2n) is 6.88. The fraction of sp³-hybridized carbons (Fsp3) is 0.900. The molecule has 0 atom stereocenters. The third-order valence-corrected chi connectivity index (χ3v) is 4.60. The van der Waals surface area contributed by atoms with Crippen LogP contribution in [0.15, 0.2) is 0 Å². The Bertz CT molecular complexity index is 319. The molecular weight excluding hydrogens is 300 g/mol. The summed E-state index contributed by atoms with van der Waals surface area (Å²) >= 11 is 0. The Morgan fingerprint density at radius 2 is 1.25 bits per heavy atom. The van der Waals surface area contributed by atoms with Crippen molar-refractivity contribution in [2.24, 2.45) is 0 Å². The Hall–Kier alpha value is -1.06. The second kappa shape index (κ2) is 16.8. The normalized spacial score (nSPS) is 10.6. The lowest BCUT2D eigenvalue weighted by Gasteiger charge is -2.17. The minimum Gasteiger partial charge on any atom is -0.359 e. The Morgan fingerprint density at radius 3 is 1.83 bits per heavy atom. The van der Waals surface area contributed by atoms with Crippen LogP contribution in [0.4, 0.5) is 0 Å². The van der Waals surface area contributed by atoms with Crippen LogP contribution >= 0.6 is 0 Å². The van der Waals surface area contributed by atoms with Crippen LogP contribution in [0, 0.1) is 0 Å². The van der Waals surface area contributed by atoms with E-state index in [4.69, 9.17) is 0 Å². The number of hydrogen-bond acceptors (Lipinski definition) is 2. The zero-order chi connectivity index (χ0) is 18.0. The first-order chi connectivity index (χ1) is 11.6. The molecule has 0 aliphatic heterocycles. The van der Waals surface area contributed by atoms with Gasteiger partial charge in [0.05, 0.1) is 0 Å². The highest BCUT2D eigenvalue weighted by Crippen LogP contribution is 2.10. The Balaban J connectivity index is 3.41. The number of unbranched alkanes of at least 4 members (excludes halogenated alkanes) is 10. The fourth-order valence-electron chi connectivity index (χ4n) is 2.84. The molecule has 0 radical (unpaired) electrons. The molecule has 0 fully saturated rings. The number of carbonyl (C=O) groups excluding carboxylic acids is 2. The van der Waals surface area contributed by atoms with Crippen LogP contribution in [0.25, 0.3) is 0 Å². The van der Waals surface area contributed by atoms with Gasteiger partial charge in [-0.2, -0.15) is 0 Å². The first-order valence-corrected chi connectivity index (χ1v) is 10.1. The van der Waals surface area contributed by atoms with E-state index >= 15 is 0 Å². The van der Waals surface area contributed by atoms with E-state index < -0.39 is 0 Å². The second-order valence-corrected chi connectivity index (χ2v) is 6.88. The van der Waals surface area contributed by atoms with Gasteiger partial charge in [0, 0.05) is 33.5 Å². The van der Waals surface area contributed by atoms with Crippen molar-refractivity contribution < 1.29 is 9.59 Å². The molecule has 142 valence electrons. The van der Waals surface area contributed by atoms with Crippen LogP contribution in [0.5, 0.6) is 0 Å². The van der Waals surface area contributed by atoms with Gasteiger partial charge in [-0.05, 0) is 19.3 Å². The highest BCUT2D eigenvalue weighted by atomic mass is 16.2. The molecule has 1 N–H and O–H groups in total. The third-order valence-electron chi connectivity index (χ3n) is 4.60. The molecule has 0 aromatic carbocycles. The summed E-state index contributed by atoms with van der Waals surface area (Å²) in [5.74, 6) is 0.425. The third kappa shape index (κ3) is 14.5. The number of nitrogens with zero attached hydrogens (tertiary/aromatic N) is 1. The first-order valence-electron chi connectivity index (χ1n) is 10.1. The summed E-state index contributed by atoms with van der Waals surface area (Å²) < 4.78 is 0. The standard InChI is InChI=1S/C20H40N2O2/c1-4-5-6-7-8-11-14-17-20(24)22(3)18-15-12-9-10-13-16-19(23)21-2/h4-18H2,1-3H3,(H,21,23). The molecule has 0 saturated carbocycles. The van der Waals surface area contributed by atoms with Crippen LogP contribution in [0.3, 0.4) is 0 Å². The zero-order valence-corrected chi connectivity index (χ0v) is 16.4. The highest BCUT2D eigenvalue weighted by molar-refractivity contribution is 5.75. The predicted molar refractivity (Wildman–Crippen MR) is 102 cm³/mol. The summed E-state index contributed by atoms with van der Waals surface area (Å²) in [7, 11) is 3.61. The van der Waals surface area contributed by atoms with E-state index in [2.05, 4.69) is 12.2 Å². The van der Waals surface area contributed by atoms with E-state index in [0.717, 1.165) is 45.1 Å². The number of hydrogen-bond donors (Lipinski definition) is 1. The van der Waals surface area contributed by atoms with Crippen molar-refractivity contribution >= 4 is 11.8 Å². The molecule has 0 spiro atoms. The lowest BCUT2D eigenvalue weighted by Crippen LogP contribution is -2.27. The smallest absolute Gasteiger partial charge is 0.222 e. The van der Waals surface area contributed by atoms with E-state index in [0.29, 0.717) is 18.7 Å². The van der Waals surface area contributed by atoms with E-state index in [9.17, 15) is 9.59 Å². The van der Waals surface area contributed by atoms with E-state index in [1.165, 1.54) is 38.5 Å². The van der Waals surface area contributed by atoms with Crippen LogP contribution in [-0.2, 0) is 9.59 Å².